The van der Waals surface area contributed by atoms with Crippen molar-refractivity contribution in [2.75, 3.05) is 31.9 Å². The first-order valence-electron chi connectivity index (χ1n) is 10.0. The quantitative estimate of drug-likeness (QED) is 0.465. The molecule has 6 nitrogen and oxygen atoms in total. The second-order valence-electron chi connectivity index (χ2n) is 7.64. The summed E-state index contributed by atoms with van der Waals surface area (Å²) in [6, 6.07) is 12.2. The van der Waals surface area contributed by atoms with Gasteiger partial charge in [-0.15, -0.1) is 0 Å². The van der Waals surface area contributed by atoms with Gasteiger partial charge in [0.25, 0.3) is 10.0 Å². The van der Waals surface area contributed by atoms with E-state index >= 15 is 0 Å². The fraction of sp³-hybridized carbons (Fsp3) is 0.318. The van der Waals surface area contributed by atoms with E-state index < -0.39 is 21.8 Å². The number of hydrogen-bond donors (Lipinski definition) is 2. The van der Waals surface area contributed by atoms with Crippen LogP contribution >= 0.6 is 0 Å². The highest BCUT2D eigenvalue weighted by Crippen LogP contribution is 2.30. The van der Waals surface area contributed by atoms with Crippen molar-refractivity contribution in [1.82, 2.24) is 15.2 Å². The van der Waals surface area contributed by atoms with Crippen molar-refractivity contribution in [3.05, 3.63) is 65.9 Å². The van der Waals surface area contributed by atoms with Crippen LogP contribution in [0.3, 0.4) is 0 Å². The van der Waals surface area contributed by atoms with Crippen LogP contribution in [0.2, 0.25) is 0 Å². The Balaban J connectivity index is 1.78. The molecule has 0 saturated heterocycles. The molecule has 0 aliphatic heterocycles. The summed E-state index contributed by atoms with van der Waals surface area (Å²) in [5.41, 5.74) is 0.571. The normalized spacial score (nSPS) is 12.4. The Labute approximate surface area is 185 Å². The van der Waals surface area contributed by atoms with E-state index in [-0.39, 0.29) is 10.6 Å². The second-order valence-corrected chi connectivity index (χ2v) is 9.32. The number of anilines is 1. The SMILES string of the molecule is CN(C)CCCNCc1ccc2cccc(NS(=O)(=O)c3ccc(C(F)(F)F)cc3)c2n1. The zero-order valence-corrected chi connectivity index (χ0v) is 18.6. The van der Waals surface area contributed by atoms with Gasteiger partial charge >= 0.3 is 6.18 Å². The lowest BCUT2D eigenvalue weighted by molar-refractivity contribution is -0.137. The Morgan fingerprint density at radius 1 is 1.00 bits per heavy atom. The smallest absolute Gasteiger partial charge is 0.311 e. The van der Waals surface area contributed by atoms with Crippen LogP contribution in [-0.4, -0.2) is 45.5 Å². The second kappa shape index (κ2) is 9.85. The number of aromatic nitrogens is 1. The summed E-state index contributed by atoms with van der Waals surface area (Å²) in [5, 5.41) is 4.06. The number of benzene rings is 2. The molecule has 0 radical (unpaired) electrons. The summed E-state index contributed by atoms with van der Waals surface area (Å²) in [6.07, 6.45) is -3.55. The van der Waals surface area contributed by atoms with Crippen LogP contribution in [0.5, 0.6) is 0 Å². The molecule has 2 N–H and O–H groups in total. The number of fused-ring (bicyclic) bond motifs is 1. The Kier molecular flexibility index (Phi) is 7.37. The number of halogens is 3. The standard InChI is InChI=1S/C22H25F3N4O2S/c1-29(2)14-4-13-26-15-18-10-7-16-5-3-6-20(21(16)27-18)28-32(30,31)19-11-8-17(9-12-19)22(23,24)25/h3,5-12,26,28H,4,13-15H2,1-2H3. The van der Waals surface area contributed by atoms with E-state index in [0.29, 0.717) is 12.1 Å². The molecule has 3 rings (SSSR count). The van der Waals surface area contributed by atoms with Crippen molar-refractivity contribution in [3.63, 3.8) is 0 Å². The number of sulfonamides is 1. The fourth-order valence-electron chi connectivity index (χ4n) is 3.13. The molecule has 10 heteroatoms. The zero-order chi connectivity index (χ0) is 23.4. The molecule has 0 bridgehead atoms. The van der Waals surface area contributed by atoms with Crippen LogP contribution in [0.1, 0.15) is 17.7 Å². The molecule has 0 spiro atoms. The topological polar surface area (TPSA) is 74.3 Å². The minimum atomic E-state index is -4.54. The van der Waals surface area contributed by atoms with E-state index in [1.807, 2.05) is 32.3 Å². The lowest BCUT2D eigenvalue weighted by Crippen LogP contribution is -2.21. The Hall–Kier alpha value is -2.69. The van der Waals surface area contributed by atoms with Gasteiger partial charge in [0.15, 0.2) is 0 Å². The average Bonchev–Trinajstić information content (AvgIpc) is 2.73. The van der Waals surface area contributed by atoms with Gasteiger partial charge in [-0.05, 0) is 70.0 Å². The van der Waals surface area contributed by atoms with E-state index in [0.717, 1.165) is 54.9 Å². The maximum atomic E-state index is 12.8. The summed E-state index contributed by atoms with van der Waals surface area (Å²) < 4.78 is 66.2. The highest BCUT2D eigenvalue weighted by atomic mass is 32.2. The van der Waals surface area contributed by atoms with Crippen molar-refractivity contribution in [3.8, 4) is 0 Å². The maximum absolute atomic E-state index is 12.8. The van der Waals surface area contributed by atoms with Gasteiger partial charge in [-0.25, -0.2) is 13.4 Å². The number of alkyl halides is 3. The van der Waals surface area contributed by atoms with Crippen molar-refractivity contribution in [1.29, 1.82) is 0 Å². The average molecular weight is 467 g/mol. The van der Waals surface area contributed by atoms with Crippen molar-refractivity contribution < 1.29 is 21.6 Å². The van der Waals surface area contributed by atoms with Crippen LogP contribution in [0.25, 0.3) is 10.9 Å². The molecule has 32 heavy (non-hydrogen) atoms. The lowest BCUT2D eigenvalue weighted by atomic mass is 10.2. The summed E-state index contributed by atoms with van der Waals surface area (Å²) in [6.45, 7) is 2.32. The van der Waals surface area contributed by atoms with Gasteiger partial charge in [-0.2, -0.15) is 13.2 Å². The molecule has 0 fully saturated rings. The Bertz CT molecular complexity index is 1160. The van der Waals surface area contributed by atoms with E-state index in [2.05, 4.69) is 19.9 Å². The molecule has 0 unspecified atom stereocenters. The van der Waals surface area contributed by atoms with Gasteiger partial charge in [0.2, 0.25) is 0 Å². The van der Waals surface area contributed by atoms with Gasteiger partial charge in [0, 0.05) is 11.9 Å². The third-order valence-corrected chi connectivity index (χ3v) is 6.16. The monoisotopic (exact) mass is 466 g/mol. The predicted octanol–water partition coefficient (Wildman–Crippen LogP) is 4.10. The van der Waals surface area contributed by atoms with E-state index in [1.165, 1.54) is 0 Å². The summed E-state index contributed by atoms with van der Waals surface area (Å²) in [7, 11) is -0.0659. The molecule has 0 aliphatic carbocycles. The van der Waals surface area contributed by atoms with Gasteiger partial charge in [0.1, 0.15) is 0 Å². The van der Waals surface area contributed by atoms with Gasteiger partial charge in [-0.1, -0.05) is 18.2 Å². The van der Waals surface area contributed by atoms with Crippen molar-refractivity contribution in [2.45, 2.75) is 24.0 Å². The van der Waals surface area contributed by atoms with E-state index in [1.54, 1.807) is 12.1 Å². The zero-order valence-electron chi connectivity index (χ0n) is 17.8. The fourth-order valence-corrected chi connectivity index (χ4v) is 4.20. The predicted molar refractivity (Wildman–Crippen MR) is 119 cm³/mol. The van der Waals surface area contributed by atoms with Crippen LogP contribution in [0.4, 0.5) is 18.9 Å². The van der Waals surface area contributed by atoms with Crippen LogP contribution in [-0.2, 0) is 22.7 Å². The van der Waals surface area contributed by atoms with Crippen LogP contribution in [0, 0.1) is 0 Å². The van der Waals surface area contributed by atoms with Crippen molar-refractivity contribution in [2.24, 2.45) is 0 Å². The highest BCUT2D eigenvalue weighted by molar-refractivity contribution is 7.92. The number of hydrogen-bond acceptors (Lipinski definition) is 5. The minimum Gasteiger partial charge on any atom is -0.311 e. The molecular weight excluding hydrogens is 441 g/mol. The number of nitrogens with zero attached hydrogens (tertiary/aromatic N) is 2. The van der Waals surface area contributed by atoms with Gasteiger partial charge < -0.3 is 10.2 Å². The largest absolute Gasteiger partial charge is 0.416 e. The molecule has 0 amide bonds. The van der Waals surface area contributed by atoms with Crippen LogP contribution in [0.15, 0.2) is 59.5 Å². The molecule has 1 aromatic heterocycles. The number of rotatable bonds is 9. The minimum absolute atomic E-state index is 0.261. The Morgan fingerprint density at radius 2 is 1.72 bits per heavy atom. The Morgan fingerprint density at radius 3 is 2.38 bits per heavy atom. The molecule has 0 atom stereocenters. The highest BCUT2D eigenvalue weighted by Gasteiger charge is 2.30. The number of para-hydroxylation sites is 1. The molecule has 0 aliphatic rings. The molecule has 1 heterocycles. The number of nitrogens with one attached hydrogen (secondary N) is 2. The first-order valence-corrected chi connectivity index (χ1v) is 11.5. The lowest BCUT2D eigenvalue weighted by Gasteiger charge is -2.13. The first-order chi connectivity index (χ1) is 15.1. The molecule has 0 saturated carbocycles. The first kappa shape index (κ1) is 24.0. The van der Waals surface area contributed by atoms with E-state index in [9.17, 15) is 21.6 Å². The third kappa shape index (κ3) is 6.18. The van der Waals surface area contributed by atoms with Gasteiger partial charge in [0.05, 0.1) is 27.4 Å². The number of pyridine rings is 1. The molecule has 172 valence electrons. The third-order valence-electron chi connectivity index (χ3n) is 4.78. The van der Waals surface area contributed by atoms with Crippen LogP contribution < -0.4 is 10.0 Å². The van der Waals surface area contributed by atoms with E-state index in [4.69, 9.17) is 0 Å². The summed E-state index contributed by atoms with van der Waals surface area (Å²) >= 11 is 0. The molecule has 2 aromatic carbocycles. The van der Waals surface area contributed by atoms with Gasteiger partial charge in [-0.3, -0.25) is 4.72 Å². The van der Waals surface area contributed by atoms with Crippen molar-refractivity contribution >= 4 is 26.6 Å². The summed E-state index contributed by atoms with van der Waals surface area (Å²) in [5.74, 6) is 0. The molecule has 3 aromatic rings. The maximum Gasteiger partial charge on any atom is 0.416 e. The summed E-state index contributed by atoms with van der Waals surface area (Å²) in [4.78, 5) is 6.42. The molecular formula is C22H25F3N4O2S.